The third-order valence-corrected chi connectivity index (χ3v) is 3.97. The molecule has 0 radical (unpaired) electrons. The summed E-state index contributed by atoms with van der Waals surface area (Å²) in [5.41, 5.74) is 2.34. The average molecular weight is 358 g/mol. The SMILES string of the molecule is COc1ccc(C(=O)COC(=O)COc2cccc(C)c2C)c(OC)c1. The zero-order chi connectivity index (χ0) is 19.1. The zero-order valence-electron chi connectivity index (χ0n) is 15.3. The molecular formula is C20H22O6. The summed E-state index contributed by atoms with van der Waals surface area (Å²) >= 11 is 0. The fourth-order valence-corrected chi connectivity index (χ4v) is 2.31. The van der Waals surface area contributed by atoms with E-state index in [-0.39, 0.29) is 12.4 Å². The van der Waals surface area contributed by atoms with Crippen LogP contribution in [0.15, 0.2) is 36.4 Å². The van der Waals surface area contributed by atoms with Crippen molar-refractivity contribution >= 4 is 11.8 Å². The molecule has 0 saturated heterocycles. The summed E-state index contributed by atoms with van der Waals surface area (Å²) in [4.78, 5) is 24.1. The van der Waals surface area contributed by atoms with Gasteiger partial charge in [-0.1, -0.05) is 12.1 Å². The summed E-state index contributed by atoms with van der Waals surface area (Å²) < 4.78 is 20.7. The van der Waals surface area contributed by atoms with Gasteiger partial charge < -0.3 is 18.9 Å². The number of Topliss-reactive ketones (excluding diaryl/α,β-unsaturated/α-hetero) is 1. The molecule has 0 bridgehead atoms. The van der Waals surface area contributed by atoms with E-state index in [0.717, 1.165) is 11.1 Å². The lowest BCUT2D eigenvalue weighted by Gasteiger charge is -2.11. The molecule has 0 atom stereocenters. The van der Waals surface area contributed by atoms with Crippen molar-refractivity contribution in [3.8, 4) is 17.2 Å². The summed E-state index contributed by atoms with van der Waals surface area (Å²) in [6.45, 7) is 3.21. The van der Waals surface area contributed by atoms with Gasteiger partial charge in [-0.3, -0.25) is 4.79 Å². The first-order valence-corrected chi connectivity index (χ1v) is 8.06. The molecule has 0 amide bonds. The van der Waals surface area contributed by atoms with Crippen LogP contribution >= 0.6 is 0 Å². The summed E-state index contributed by atoms with van der Waals surface area (Å²) in [5, 5.41) is 0. The molecule has 2 rings (SSSR count). The molecule has 0 aromatic heterocycles. The predicted octanol–water partition coefficient (Wildman–Crippen LogP) is 3.13. The molecule has 0 N–H and O–H groups in total. The first kappa shape index (κ1) is 19.3. The highest BCUT2D eigenvalue weighted by molar-refractivity contribution is 6.00. The van der Waals surface area contributed by atoms with Crippen LogP contribution in [0.5, 0.6) is 17.2 Å². The summed E-state index contributed by atoms with van der Waals surface area (Å²) in [7, 11) is 2.98. The van der Waals surface area contributed by atoms with E-state index in [4.69, 9.17) is 18.9 Å². The van der Waals surface area contributed by atoms with E-state index >= 15 is 0 Å². The summed E-state index contributed by atoms with van der Waals surface area (Å²) in [5.74, 6) is 0.552. The molecule has 0 aliphatic rings. The van der Waals surface area contributed by atoms with E-state index < -0.39 is 12.6 Å². The molecule has 0 fully saturated rings. The molecule has 0 aliphatic heterocycles. The van der Waals surface area contributed by atoms with Crippen molar-refractivity contribution in [3.63, 3.8) is 0 Å². The molecule has 0 heterocycles. The third-order valence-electron chi connectivity index (χ3n) is 3.97. The fourth-order valence-electron chi connectivity index (χ4n) is 2.31. The van der Waals surface area contributed by atoms with Crippen molar-refractivity contribution in [2.45, 2.75) is 13.8 Å². The Kier molecular flexibility index (Phi) is 6.60. The Morgan fingerprint density at radius 1 is 0.923 bits per heavy atom. The summed E-state index contributed by atoms with van der Waals surface area (Å²) in [6.07, 6.45) is 0. The van der Waals surface area contributed by atoms with Crippen LogP contribution in [-0.4, -0.2) is 39.2 Å². The van der Waals surface area contributed by atoms with E-state index in [2.05, 4.69) is 0 Å². The number of hydrogen-bond donors (Lipinski definition) is 0. The molecule has 26 heavy (non-hydrogen) atoms. The number of esters is 1. The number of methoxy groups -OCH3 is 2. The number of hydrogen-bond acceptors (Lipinski definition) is 6. The number of benzene rings is 2. The van der Waals surface area contributed by atoms with Crippen LogP contribution in [0.2, 0.25) is 0 Å². The van der Waals surface area contributed by atoms with Crippen LogP contribution in [-0.2, 0) is 9.53 Å². The largest absolute Gasteiger partial charge is 0.497 e. The molecule has 0 spiro atoms. The van der Waals surface area contributed by atoms with Crippen molar-refractivity contribution < 1.29 is 28.5 Å². The Labute approximate surface area is 152 Å². The Bertz CT molecular complexity index is 797. The van der Waals surface area contributed by atoms with E-state index in [1.165, 1.54) is 14.2 Å². The van der Waals surface area contributed by atoms with Crippen LogP contribution in [0, 0.1) is 13.8 Å². The van der Waals surface area contributed by atoms with Crippen LogP contribution in [0.3, 0.4) is 0 Å². The standard InChI is InChI=1S/C20H22O6/c1-13-6-5-7-18(14(13)2)25-12-20(22)26-11-17(21)16-9-8-15(23-3)10-19(16)24-4/h5-10H,11-12H2,1-4H3. The van der Waals surface area contributed by atoms with Gasteiger partial charge in [-0.25, -0.2) is 4.79 Å². The average Bonchev–Trinajstić information content (AvgIpc) is 2.66. The number of ketones is 1. The highest BCUT2D eigenvalue weighted by Crippen LogP contribution is 2.25. The quantitative estimate of drug-likeness (QED) is 0.533. The lowest BCUT2D eigenvalue weighted by atomic mass is 10.1. The predicted molar refractivity (Wildman–Crippen MR) is 96.2 cm³/mol. The minimum Gasteiger partial charge on any atom is -0.497 e. The van der Waals surface area contributed by atoms with Gasteiger partial charge in [0.1, 0.15) is 17.2 Å². The second-order valence-corrected chi connectivity index (χ2v) is 5.64. The number of carbonyl (C=O) groups excluding carboxylic acids is 2. The van der Waals surface area contributed by atoms with Crippen LogP contribution < -0.4 is 14.2 Å². The Balaban J connectivity index is 1.91. The van der Waals surface area contributed by atoms with Crippen molar-refractivity contribution in [1.29, 1.82) is 0 Å². The lowest BCUT2D eigenvalue weighted by molar-refractivity contribution is -0.144. The van der Waals surface area contributed by atoms with Gasteiger partial charge in [0.2, 0.25) is 5.78 Å². The van der Waals surface area contributed by atoms with E-state index in [1.54, 1.807) is 24.3 Å². The molecule has 0 unspecified atom stereocenters. The van der Waals surface area contributed by atoms with Crippen molar-refractivity contribution in [2.75, 3.05) is 27.4 Å². The van der Waals surface area contributed by atoms with Crippen LogP contribution in [0.25, 0.3) is 0 Å². The number of rotatable bonds is 8. The minimum atomic E-state index is -0.619. The Morgan fingerprint density at radius 3 is 2.38 bits per heavy atom. The topological polar surface area (TPSA) is 71.1 Å². The highest BCUT2D eigenvalue weighted by atomic mass is 16.6. The highest BCUT2D eigenvalue weighted by Gasteiger charge is 2.16. The second-order valence-electron chi connectivity index (χ2n) is 5.64. The van der Waals surface area contributed by atoms with Crippen LogP contribution in [0.4, 0.5) is 0 Å². The minimum absolute atomic E-state index is 0.267. The van der Waals surface area contributed by atoms with E-state index in [0.29, 0.717) is 22.8 Å². The molecule has 138 valence electrons. The molecule has 0 aliphatic carbocycles. The van der Waals surface area contributed by atoms with Gasteiger partial charge in [-0.2, -0.15) is 0 Å². The number of ether oxygens (including phenoxy) is 4. The van der Waals surface area contributed by atoms with Gasteiger partial charge in [0, 0.05) is 6.07 Å². The number of carbonyl (C=O) groups is 2. The monoisotopic (exact) mass is 358 g/mol. The first-order valence-electron chi connectivity index (χ1n) is 8.06. The Morgan fingerprint density at radius 2 is 1.69 bits per heavy atom. The molecular weight excluding hydrogens is 336 g/mol. The normalized spacial score (nSPS) is 10.2. The Hall–Kier alpha value is -3.02. The van der Waals surface area contributed by atoms with Gasteiger partial charge in [0.05, 0.1) is 19.8 Å². The smallest absolute Gasteiger partial charge is 0.344 e. The van der Waals surface area contributed by atoms with E-state index in [1.807, 2.05) is 26.0 Å². The van der Waals surface area contributed by atoms with E-state index in [9.17, 15) is 9.59 Å². The van der Waals surface area contributed by atoms with Gasteiger partial charge >= 0.3 is 5.97 Å². The van der Waals surface area contributed by atoms with Crippen molar-refractivity contribution in [2.24, 2.45) is 0 Å². The molecule has 6 nitrogen and oxygen atoms in total. The second kappa shape index (κ2) is 8.89. The molecule has 2 aromatic carbocycles. The lowest BCUT2D eigenvalue weighted by Crippen LogP contribution is -2.20. The van der Waals surface area contributed by atoms with Gasteiger partial charge in [-0.05, 0) is 43.2 Å². The maximum Gasteiger partial charge on any atom is 0.344 e. The number of aryl methyl sites for hydroxylation is 1. The third kappa shape index (κ3) is 4.75. The first-order chi connectivity index (χ1) is 12.5. The van der Waals surface area contributed by atoms with Gasteiger partial charge in [0.15, 0.2) is 13.2 Å². The van der Waals surface area contributed by atoms with Crippen molar-refractivity contribution in [1.82, 2.24) is 0 Å². The molecule has 2 aromatic rings. The molecule has 6 heteroatoms. The van der Waals surface area contributed by atoms with Gasteiger partial charge in [0.25, 0.3) is 0 Å². The zero-order valence-corrected chi connectivity index (χ0v) is 15.3. The summed E-state index contributed by atoms with van der Waals surface area (Å²) in [6, 6.07) is 10.4. The maximum atomic E-state index is 12.3. The van der Waals surface area contributed by atoms with Gasteiger partial charge in [-0.15, -0.1) is 0 Å². The molecule has 0 saturated carbocycles. The fraction of sp³-hybridized carbons (Fsp3) is 0.300. The van der Waals surface area contributed by atoms with Crippen molar-refractivity contribution in [3.05, 3.63) is 53.1 Å². The maximum absolute atomic E-state index is 12.3. The van der Waals surface area contributed by atoms with Crippen LogP contribution in [0.1, 0.15) is 21.5 Å².